The van der Waals surface area contributed by atoms with Gasteiger partial charge in [0.15, 0.2) is 5.96 Å². The molecule has 2 rings (SSSR count). The number of nitrogens with two attached hydrogens (primary N) is 1. The van der Waals surface area contributed by atoms with E-state index in [0.29, 0.717) is 18.5 Å². The summed E-state index contributed by atoms with van der Waals surface area (Å²) in [5.41, 5.74) is 5.86. The van der Waals surface area contributed by atoms with E-state index in [2.05, 4.69) is 15.3 Å². The van der Waals surface area contributed by atoms with Crippen LogP contribution in [0, 0.1) is 0 Å². The summed E-state index contributed by atoms with van der Waals surface area (Å²) in [4.78, 5) is 8.31. The molecule has 1 aromatic rings. The number of hydrogen-bond donors (Lipinski definition) is 2. The van der Waals surface area contributed by atoms with Crippen molar-refractivity contribution in [2.24, 2.45) is 10.7 Å². The Hall–Kier alpha value is -1.52. The van der Waals surface area contributed by atoms with Crippen molar-refractivity contribution >= 4 is 5.96 Å². The standard InChI is InChI=1S/C12H21N5/c13-12(16-11-4-2-1-3-5-11)15-7-9-17-8-6-14-10-17/h6,8,10-11H,1-5,7,9H2,(H3,13,15,16). The first-order valence-corrected chi connectivity index (χ1v) is 6.37. The van der Waals surface area contributed by atoms with Crippen molar-refractivity contribution in [3.63, 3.8) is 0 Å². The van der Waals surface area contributed by atoms with E-state index in [1.54, 1.807) is 12.5 Å². The van der Waals surface area contributed by atoms with Crippen LogP contribution in [0.5, 0.6) is 0 Å². The summed E-state index contributed by atoms with van der Waals surface area (Å²) in [6.07, 6.45) is 11.9. The summed E-state index contributed by atoms with van der Waals surface area (Å²) in [6, 6.07) is 0.528. The third-order valence-electron chi connectivity index (χ3n) is 3.16. The molecule has 0 unspecified atom stereocenters. The van der Waals surface area contributed by atoms with Crippen LogP contribution >= 0.6 is 0 Å². The van der Waals surface area contributed by atoms with Gasteiger partial charge in [0, 0.05) is 25.0 Å². The molecule has 0 radical (unpaired) electrons. The van der Waals surface area contributed by atoms with Crippen molar-refractivity contribution in [3.8, 4) is 0 Å². The molecule has 0 aromatic carbocycles. The minimum Gasteiger partial charge on any atom is -0.370 e. The maximum atomic E-state index is 5.86. The van der Waals surface area contributed by atoms with Crippen LogP contribution in [0.3, 0.4) is 0 Å². The first-order valence-electron chi connectivity index (χ1n) is 6.37. The van der Waals surface area contributed by atoms with E-state index in [4.69, 9.17) is 5.73 Å². The lowest BCUT2D eigenvalue weighted by atomic mass is 9.96. The van der Waals surface area contributed by atoms with Crippen molar-refractivity contribution in [2.45, 2.75) is 44.7 Å². The molecule has 1 heterocycles. The first kappa shape index (κ1) is 12.0. The van der Waals surface area contributed by atoms with Crippen molar-refractivity contribution in [2.75, 3.05) is 6.54 Å². The predicted octanol–water partition coefficient (Wildman–Crippen LogP) is 1.12. The van der Waals surface area contributed by atoms with Crippen LogP contribution in [-0.2, 0) is 6.54 Å². The highest BCUT2D eigenvalue weighted by molar-refractivity contribution is 5.78. The summed E-state index contributed by atoms with van der Waals surface area (Å²) in [5.74, 6) is 0.581. The molecule has 1 fully saturated rings. The van der Waals surface area contributed by atoms with Gasteiger partial charge in [-0.25, -0.2) is 4.98 Å². The van der Waals surface area contributed by atoms with Gasteiger partial charge in [-0.15, -0.1) is 0 Å². The van der Waals surface area contributed by atoms with Crippen LogP contribution in [-0.4, -0.2) is 28.1 Å². The molecule has 1 saturated carbocycles. The molecule has 0 bridgehead atoms. The maximum Gasteiger partial charge on any atom is 0.188 e. The predicted molar refractivity (Wildman–Crippen MR) is 68.7 cm³/mol. The SMILES string of the molecule is NC(=NCCn1ccnc1)NC1CCCCC1. The molecule has 3 N–H and O–H groups in total. The fourth-order valence-corrected chi connectivity index (χ4v) is 2.21. The number of nitrogens with one attached hydrogen (secondary N) is 1. The number of imidazole rings is 1. The molecule has 0 aliphatic heterocycles. The molecule has 5 nitrogen and oxygen atoms in total. The number of aliphatic imine (C=N–C) groups is 1. The van der Waals surface area contributed by atoms with E-state index in [-0.39, 0.29) is 0 Å². The monoisotopic (exact) mass is 235 g/mol. The summed E-state index contributed by atoms with van der Waals surface area (Å²) < 4.78 is 2.00. The minimum atomic E-state index is 0.528. The Morgan fingerprint density at radius 2 is 2.24 bits per heavy atom. The third kappa shape index (κ3) is 4.09. The molecule has 1 aliphatic rings. The molecule has 94 valence electrons. The number of aromatic nitrogens is 2. The van der Waals surface area contributed by atoms with Gasteiger partial charge in [0.25, 0.3) is 0 Å². The second-order valence-corrected chi connectivity index (χ2v) is 4.55. The first-order chi connectivity index (χ1) is 8.34. The van der Waals surface area contributed by atoms with E-state index in [9.17, 15) is 0 Å². The van der Waals surface area contributed by atoms with Crippen molar-refractivity contribution in [3.05, 3.63) is 18.7 Å². The zero-order valence-corrected chi connectivity index (χ0v) is 10.2. The Kier molecular flexibility index (Phi) is 4.41. The Labute approximate surface area is 102 Å². The van der Waals surface area contributed by atoms with Crippen molar-refractivity contribution in [1.82, 2.24) is 14.9 Å². The van der Waals surface area contributed by atoms with E-state index < -0.39 is 0 Å². The summed E-state index contributed by atoms with van der Waals surface area (Å²) in [7, 11) is 0. The lowest BCUT2D eigenvalue weighted by Crippen LogP contribution is -2.41. The highest BCUT2D eigenvalue weighted by atomic mass is 15.1. The van der Waals surface area contributed by atoms with Crippen LogP contribution in [0.2, 0.25) is 0 Å². The molecular weight excluding hydrogens is 214 g/mol. The Balaban J connectivity index is 1.69. The van der Waals surface area contributed by atoms with Gasteiger partial charge in [-0.2, -0.15) is 0 Å². The van der Waals surface area contributed by atoms with E-state index in [1.165, 1.54) is 32.1 Å². The van der Waals surface area contributed by atoms with Crippen molar-refractivity contribution < 1.29 is 0 Å². The largest absolute Gasteiger partial charge is 0.370 e. The Bertz CT molecular complexity index is 338. The molecule has 17 heavy (non-hydrogen) atoms. The van der Waals surface area contributed by atoms with Crippen LogP contribution < -0.4 is 11.1 Å². The Morgan fingerprint density at radius 3 is 2.94 bits per heavy atom. The van der Waals surface area contributed by atoms with Crippen LogP contribution in [0.15, 0.2) is 23.7 Å². The smallest absolute Gasteiger partial charge is 0.188 e. The highest BCUT2D eigenvalue weighted by Gasteiger charge is 2.12. The zero-order chi connectivity index (χ0) is 11.9. The molecule has 0 amide bonds. The average molecular weight is 235 g/mol. The lowest BCUT2D eigenvalue weighted by molar-refractivity contribution is 0.412. The van der Waals surface area contributed by atoms with Gasteiger partial charge in [-0.05, 0) is 12.8 Å². The average Bonchev–Trinajstić information content (AvgIpc) is 2.83. The van der Waals surface area contributed by atoms with Crippen LogP contribution in [0.25, 0.3) is 0 Å². The van der Waals surface area contributed by atoms with E-state index in [0.717, 1.165) is 6.54 Å². The number of hydrogen-bond acceptors (Lipinski definition) is 2. The second kappa shape index (κ2) is 6.27. The summed E-state index contributed by atoms with van der Waals surface area (Å²) in [6.45, 7) is 1.52. The lowest BCUT2D eigenvalue weighted by Gasteiger charge is -2.23. The van der Waals surface area contributed by atoms with Gasteiger partial charge >= 0.3 is 0 Å². The van der Waals surface area contributed by atoms with E-state index in [1.807, 2.05) is 10.8 Å². The van der Waals surface area contributed by atoms with Crippen LogP contribution in [0.1, 0.15) is 32.1 Å². The molecule has 1 aromatic heterocycles. The highest BCUT2D eigenvalue weighted by Crippen LogP contribution is 2.16. The fraction of sp³-hybridized carbons (Fsp3) is 0.667. The van der Waals surface area contributed by atoms with Gasteiger partial charge in [-0.3, -0.25) is 4.99 Å². The second-order valence-electron chi connectivity index (χ2n) is 4.55. The molecule has 0 atom stereocenters. The van der Waals surface area contributed by atoms with Gasteiger partial charge < -0.3 is 15.6 Å². The molecule has 1 aliphatic carbocycles. The van der Waals surface area contributed by atoms with Gasteiger partial charge in [0.2, 0.25) is 0 Å². The topological polar surface area (TPSA) is 68.2 Å². The summed E-state index contributed by atoms with van der Waals surface area (Å²) >= 11 is 0. The molecule has 0 spiro atoms. The number of guanidine groups is 1. The van der Waals surface area contributed by atoms with Crippen molar-refractivity contribution in [1.29, 1.82) is 0 Å². The Morgan fingerprint density at radius 1 is 1.41 bits per heavy atom. The normalized spacial score (nSPS) is 18.2. The quantitative estimate of drug-likeness (QED) is 0.607. The van der Waals surface area contributed by atoms with E-state index >= 15 is 0 Å². The van der Waals surface area contributed by atoms with Gasteiger partial charge in [0.1, 0.15) is 0 Å². The maximum absolute atomic E-state index is 5.86. The fourth-order valence-electron chi connectivity index (χ4n) is 2.21. The number of nitrogens with zero attached hydrogens (tertiary/aromatic N) is 3. The summed E-state index contributed by atoms with van der Waals surface area (Å²) in [5, 5.41) is 3.30. The molecule has 0 saturated heterocycles. The van der Waals surface area contributed by atoms with Gasteiger partial charge in [0.05, 0.1) is 12.9 Å². The zero-order valence-electron chi connectivity index (χ0n) is 10.2. The van der Waals surface area contributed by atoms with Gasteiger partial charge in [-0.1, -0.05) is 19.3 Å². The van der Waals surface area contributed by atoms with Crippen LogP contribution in [0.4, 0.5) is 0 Å². The third-order valence-corrected chi connectivity index (χ3v) is 3.16. The minimum absolute atomic E-state index is 0.528. The molecular formula is C12H21N5. The number of rotatable bonds is 4. The molecule has 5 heteroatoms.